The van der Waals surface area contributed by atoms with E-state index in [4.69, 9.17) is 0 Å². The molecule has 5 rings (SSSR count). The van der Waals surface area contributed by atoms with Gasteiger partial charge in [-0.25, -0.2) is 0 Å². The summed E-state index contributed by atoms with van der Waals surface area (Å²) in [4.78, 5) is 0. The summed E-state index contributed by atoms with van der Waals surface area (Å²) in [7, 11) is 0. The second-order valence-corrected chi connectivity index (χ2v) is 7.25. The molecule has 0 amide bonds. The maximum absolute atomic E-state index is 9.79. The summed E-state index contributed by atoms with van der Waals surface area (Å²) in [5.74, 6) is 2.89. The fourth-order valence-corrected chi connectivity index (χ4v) is 5.74. The third-order valence-corrected chi connectivity index (χ3v) is 5.96. The Balaban J connectivity index is 1.72. The Morgan fingerprint density at radius 2 is 1.47 bits per heavy atom. The summed E-state index contributed by atoms with van der Waals surface area (Å²) in [6.45, 7) is 0. The van der Waals surface area contributed by atoms with Gasteiger partial charge in [-0.2, -0.15) is 5.26 Å². The van der Waals surface area contributed by atoms with E-state index in [0.29, 0.717) is 5.41 Å². The lowest BCUT2D eigenvalue weighted by molar-refractivity contribution is -0.0594. The summed E-state index contributed by atoms with van der Waals surface area (Å²) in [6, 6.07) is 13.2. The van der Waals surface area contributed by atoms with Crippen LogP contribution in [0.2, 0.25) is 0 Å². The first-order valence-electron chi connectivity index (χ1n) is 7.74. The highest BCUT2D eigenvalue weighted by atomic mass is 14.6. The molecule has 98 valence electrons. The molecular weight excluding hydrogens is 230 g/mol. The van der Waals surface area contributed by atoms with Gasteiger partial charge in [0, 0.05) is 0 Å². The predicted octanol–water partition coefficient (Wildman–Crippen LogP) is 4.51. The Morgan fingerprint density at radius 3 is 1.95 bits per heavy atom. The van der Waals surface area contributed by atoms with Gasteiger partial charge in [0.25, 0.3) is 0 Å². The molecule has 1 nitrogen and oxygen atoms in total. The minimum absolute atomic E-state index is 0.127. The molecule has 0 radical (unpaired) electrons. The van der Waals surface area contributed by atoms with E-state index in [2.05, 4.69) is 36.4 Å². The van der Waals surface area contributed by atoms with Gasteiger partial charge >= 0.3 is 0 Å². The molecule has 0 N–H and O–H groups in total. The van der Waals surface area contributed by atoms with Gasteiger partial charge in [-0.15, -0.1) is 0 Å². The van der Waals surface area contributed by atoms with Gasteiger partial charge in [0.2, 0.25) is 0 Å². The highest BCUT2D eigenvalue weighted by molar-refractivity contribution is 5.29. The number of nitriles is 1. The molecule has 1 aromatic rings. The van der Waals surface area contributed by atoms with Crippen LogP contribution in [-0.2, 0) is 0 Å². The predicted molar refractivity (Wildman–Crippen MR) is 75.4 cm³/mol. The van der Waals surface area contributed by atoms with Gasteiger partial charge in [0.15, 0.2) is 0 Å². The number of hydrogen-bond donors (Lipinski definition) is 0. The Labute approximate surface area is 115 Å². The zero-order valence-electron chi connectivity index (χ0n) is 11.4. The smallest absolute Gasteiger partial charge is 0.0769 e. The highest BCUT2D eigenvalue weighted by Gasteiger charge is 2.54. The number of benzene rings is 1. The van der Waals surface area contributed by atoms with E-state index in [1.807, 2.05) is 0 Å². The first-order chi connectivity index (χ1) is 9.29. The summed E-state index contributed by atoms with van der Waals surface area (Å²) >= 11 is 0. The minimum Gasteiger partial charge on any atom is -0.198 e. The second kappa shape index (κ2) is 4.10. The highest BCUT2D eigenvalue weighted by Crippen LogP contribution is 2.64. The third-order valence-electron chi connectivity index (χ3n) is 5.96. The van der Waals surface area contributed by atoms with Crippen LogP contribution in [0.4, 0.5) is 0 Å². The van der Waals surface area contributed by atoms with Crippen LogP contribution < -0.4 is 0 Å². The van der Waals surface area contributed by atoms with Crippen molar-refractivity contribution in [3.8, 4) is 6.07 Å². The lowest BCUT2D eigenvalue weighted by atomic mass is 9.46. The van der Waals surface area contributed by atoms with Crippen LogP contribution in [0, 0.1) is 34.5 Å². The van der Waals surface area contributed by atoms with Crippen LogP contribution in [0.15, 0.2) is 30.3 Å². The van der Waals surface area contributed by atoms with Gasteiger partial charge in [0.1, 0.15) is 0 Å². The molecule has 19 heavy (non-hydrogen) atoms. The zero-order valence-corrected chi connectivity index (χ0v) is 11.4. The normalized spacial score (nSPS) is 40.9. The van der Waals surface area contributed by atoms with Crippen molar-refractivity contribution in [2.24, 2.45) is 23.2 Å². The summed E-state index contributed by atoms with van der Waals surface area (Å²) in [6.07, 6.45) is 8.29. The zero-order chi connectivity index (χ0) is 12.9. The summed E-state index contributed by atoms with van der Waals surface area (Å²) in [5.41, 5.74) is 1.57. The topological polar surface area (TPSA) is 23.8 Å². The van der Waals surface area contributed by atoms with Crippen LogP contribution in [0.1, 0.15) is 50.0 Å². The second-order valence-electron chi connectivity index (χ2n) is 7.25. The SMILES string of the molecule is N#C[C@@H](c1ccccc1)C12CC3CC(CC(C3)C1)C2. The molecule has 0 saturated heterocycles. The first kappa shape index (κ1) is 11.5. The fraction of sp³-hybridized carbons (Fsp3) is 0.611. The molecule has 1 atom stereocenters. The van der Waals surface area contributed by atoms with Crippen LogP contribution in [-0.4, -0.2) is 0 Å². The van der Waals surface area contributed by atoms with E-state index < -0.39 is 0 Å². The Hall–Kier alpha value is -1.29. The van der Waals surface area contributed by atoms with Gasteiger partial charge in [-0.1, -0.05) is 30.3 Å². The quantitative estimate of drug-likeness (QED) is 0.758. The van der Waals surface area contributed by atoms with Gasteiger partial charge < -0.3 is 0 Å². The van der Waals surface area contributed by atoms with E-state index in [0.717, 1.165) is 17.8 Å². The molecule has 0 aromatic heterocycles. The van der Waals surface area contributed by atoms with Gasteiger partial charge in [-0.3, -0.25) is 0 Å². The maximum atomic E-state index is 9.79. The van der Waals surface area contributed by atoms with Crippen LogP contribution in [0.25, 0.3) is 0 Å². The van der Waals surface area contributed by atoms with E-state index in [1.165, 1.54) is 44.1 Å². The number of nitrogens with zero attached hydrogens (tertiary/aromatic N) is 1. The molecule has 4 aliphatic carbocycles. The first-order valence-corrected chi connectivity index (χ1v) is 7.74. The van der Waals surface area contributed by atoms with Crippen molar-refractivity contribution in [1.82, 2.24) is 0 Å². The number of hydrogen-bond acceptors (Lipinski definition) is 1. The molecule has 4 saturated carbocycles. The van der Waals surface area contributed by atoms with E-state index in [9.17, 15) is 5.26 Å². The molecule has 1 aromatic carbocycles. The summed E-state index contributed by atoms with van der Waals surface area (Å²) in [5, 5.41) is 9.79. The minimum atomic E-state index is 0.127. The average Bonchev–Trinajstić information content (AvgIpc) is 2.38. The molecule has 0 unspecified atom stereocenters. The Kier molecular flexibility index (Phi) is 2.49. The molecule has 1 heteroatoms. The van der Waals surface area contributed by atoms with Crippen LogP contribution in [0.3, 0.4) is 0 Å². The van der Waals surface area contributed by atoms with Crippen LogP contribution >= 0.6 is 0 Å². The van der Waals surface area contributed by atoms with Crippen molar-refractivity contribution in [3.63, 3.8) is 0 Å². The van der Waals surface area contributed by atoms with Crippen molar-refractivity contribution < 1.29 is 0 Å². The Bertz CT molecular complexity index is 475. The molecule has 0 aliphatic heterocycles. The lowest BCUT2D eigenvalue weighted by Crippen LogP contribution is -2.48. The van der Waals surface area contributed by atoms with Crippen molar-refractivity contribution in [2.45, 2.75) is 44.4 Å². The van der Waals surface area contributed by atoms with Crippen molar-refractivity contribution in [1.29, 1.82) is 5.26 Å². The molecule has 4 bridgehead atoms. The van der Waals surface area contributed by atoms with Crippen molar-refractivity contribution in [3.05, 3.63) is 35.9 Å². The summed E-state index contributed by atoms with van der Waals surface area (Å²) < 4.78 is 0. The van der Waals surface area contributed by atoms with E-state index >= 15 is 0 Å². The van der Waals surface area contributed by atoms with Gasteiger partial charge in [-0.05, 0) is 67.3 Å². The molecule has 4 aliphatic rings. The molecule has 4 fully saturated rings. The molecule has 0 heterocycles. The molecule has 0 spiro atoms. The van der Waals surface area contributed by atoms with E-state index in [1.54, 1.807) is 0 Å². The third kappa shape index (κ3) is 1.73. The average molecular weight is 251 g/mol. The number of rotatable bonds is 2. The largest absolute Gasteiger partial charge is 0.198 e. The van der Waals surface area contributed by atoms with Crippen LogP contribution in [0.5, 0.6) is 0 Å². The van der Waals surface area contributed by atoms with Crippen molar-refractivity contribution >= 4 is 0 Å². The molecular formula is C18H21N. The standard InChI is InChI=1S/C18H21N/c19-12-17(16-4-2-1-3-5-16)18-9-13-6-14(10-18)8-15(7-13)11-18/h1-5,13-15,17H,6-11H2/t13?,14?,15?,17-,18?/m0/s1. The fourth-order valence-electron chi connectivity index (χ4n) is 5.74. The lowest BCUT2D eigenvalue weighted by Gasteiger charge is -2.58. The maximum Gasteiger partial charge on any atom is 0.0769 e. The Morgan fingerprint density at radius 1 is 0.947 bits per heavy atom. The van der Waals surface area contributed by atoms with Crippen molar-refractivity contribution in [2.75, 3.05) is 0 Å². The monoisotopic (exact) mass is 251 g/mol. The van der Waals surface area contributed by atoms with E-state index in [-0.39, 0.29) is 5.92 Å². The van der Waals surface area contributed by atoms with Gasteiger partial charge in [0.05, 0.1) is 12.0 Å².